The van der Waals surface area contributed by atoms with E-state index in [1.54, 1.807) is 18.6 Å². The normalized spacial score (nSPS) is 12.1. The summed E-state index contributed by atoms with van der Waals surface area (Å²) in [6.45, 7) is 3.78. The van der Waals surface area contributed by atoms with Gasteiger partial charge in [0.25, 0.3) is 0 Å². The standard InChI is InChI=1S/C15H19N3O2/c1-12(11-19)8-17-9-13-2-4-14(5-3-13)20-15-10-16-6-7-18-15/h2-7,10,12,17,19H,8-9,11H2,1H3. The van der Waals surface area contributed by atoms with E-state index in [1.807, 2.05) is 31.2 Å². The number of rotatable bonds is 7. The molecule has 5 heteroatoms. The fraction of sp³-hybridized carbons (Fsp3) is 0.333. The minimum absolute atomic E-state index is 0.206. The summed E-state index contributed by atoms with van der Waals surface area (Å²) in [5.41, 5.74) is 1.17. The van der Waals surface area contributed by atoms with Crippen molar-refractivity contribution >= 4 is 0 Å². The van der Waals surface area contributed by atoms with Gasteiger partial charge in [0.1, 0.15) is 5.75 Å². The van der Waals surface area contributed by atoms with Crippen LogP contribution < -0.4 is 10.1 Å². The molecule has 0 saturated heterocycles. The molecule has 1 unspecified atom stereocenters. The summed E-state index contributed by atoms with van der Waals surface area (Å²) in [5.74, 6) is 1.49. The van der Waals surface area contributed by atoms with Crippen LogP contribution in [0.15, 0.2) is 42.9 Å². The van der Waals surface area contributed by atoms with Crippen LogP contribution in [0.1, 0.15) is 12.5 Å². The third-order valence-corrected chi connectivity index (χ3v) is 2.82. The van der Waals surface area contributed by atoms with Gasteiger partial charge in [-0.3, -0.25) is 4.98 Å². The van der Waals surface area contributed by atoms with Crippen molar-refractivity contribution in [2.24, 2.45) is 5.92 Å². The van der Waals surface area contributed by atoms with Crippen LogP contribution in [0.3, 0.4) is 0 Å². The Morgan fingerprint density at radius 1 is 1.25 bits per heavy atom. The van der Waals surface area contributed by atoms with Gasteiger partial charge in [-0.05, 0) is 23.6 Å². The molecule has 2 rings (SSSR count). The molecule has 0 fully saturated rings. The highest BCUT2D eigenvalue weighted by molar-refractivity contribution is 5.29. The predicted octanol–water partition coefficient (Wildman–Crippen LogP) is 1.99. The van der Waals surface area contributed by atoms with Gasteiger partial charge in [-0.2, -0.15) is 0 Å². The minimum Gasteiger partial charge on any atom is -0.438 e. The van der Waals surface area contributed by atoms with E-state index in [9.17, 15) is 0 Å². The Balaban J connectivity index is 1.84. The highest BCUT2D eigenvalue weighted by Gasteiger charge is 2.01. The number of ether oxygens (including phenoxy) is 1. The molecule has 0 saturated carbocycles. The maximum atomic E-state index is 8.94. The minimum atomic E-state index is 0.206. The SMILES string of the molecule is CC(CO)CNCc1ccc(Oc2cnccn2)cc1. The van der Waals surface area contributed by atoms with Gasteiger partial charge in [0.2, 0.25) is 5.88 Å². The Hall–Kier alpha value is -1.98. The van der Waals surface area contributed by atoms with Crippen LogP contribution in [0, 0.1) is 5.92 Å². The van der Waals surface area contributed by atoms with Crippen molar-refractivity contribution in [3.8, 4) is 11.6 Å². The fourth-order valence-electron chi connectivity index (χ4n) is 1.66. The molecule has 2 N–H and O–H groups in total. The molecular formula is C15H19N3O2. The second kappa shape index (κ2) is 7.57. The van der Waals surface area contributed by atoms with Gasteiger partial charge in [-0.15, -0.1) is 0 Å². The summed E-state index contributed by atoms with van der Waals surface area (Å²) in [4.78, 5) is 8.00. The third-order valence-electron chi connectivity index (χ3n) is 2.82. The maximum absolute atomic E-state index is 8.94. The number of aromatic nitrogens is 2. The number of benzene rings is 1. The molecule has 5 nitrogen and oxygen atoms in total. The average Bonchev–Trinajstić information content (AvgIpc) is 2.50. The number of aliphatic hydroxyl groups excluding tert-OH is 1. The Morgan fingerprint density at radius 3 is 2.70 bits per heavy atom. The number of nitrogens with one attached hydrogen (secondary N) is 1. The van der Waals surface area contributed by atoms with E-state index in [0.29, 0.717) is 5.88 Å². The molecule has 1 atom stereocenters. The largest absolute Gasteiger partial charge is 0.438 e. The second-order valence-electron chi connectivity index (χ2n) is 4.71. The highest BCUT2D eigenvalue weighted by atomic mass is 16.5. The second-order valence-corrected chi connectivity index (χ2v) is 4.71. The summed E-state index contributed by atoms with van der Waals surface area (Å²) in [5, 5.41) is 12.2. The Morgan fingerprint density at radius 2 is 2.05 bits per heavy atom. The summed E-state index contributed by atoms with van der Waals surface area (Å²) in [6.07, 6.45) is 4.77. The Labute approximate surface area is 118 Å². The van der Waals surface area contributed by atoms with Gasteiger partial charge in [-0.1, -0.05) is 19.1 Å². The molecule has 0 aliphatic rings. The summed E-state index contributed by atoms with van der Waals surface area (Å²) >= 11 is 0. The molecule has 0 bridgehead atoms. The zero-order valence-electron chi connectivity index (χ0n) is 11.5. The van der Waals surface area contributed by atoms with Crippen LogP contribution >= 0.6 is 0 Å². The molecular weight excluding hydrogens is 254 g/mol. The van der Waals surface area contributed by atoms with Crippen molar-refractivity contribution in [2.45, 2.75) is 13.5 Å². The van der Waals surface area contributed by atoms with E-state index in [0.717, 1.165) is 18.8 Å². The number of nitrogens with zero attached hydrogens (tertiary/aromatic N) is 2. The fourth-order valence-corrected chi connectivity index (χ4v) is 1.66. The maximum Gasteiger partial charge on any atom is 0.237 e. The van der Waals surface area contributed by atoms with E-state index >= 15 is 0 Å². The molecule has 0 aliphatic carbocycles. The molecule has 0 radical (unpaired) electrons. The van der Waals surface area contributed by atoms with Crippen molar-refractivity contribution in [3.63, 3.8) is 0 Å². The van der Waals surface area contributed by atoms with Crippen molar-refractivity contribution in [2.75, 3.05) is 13.2 Å². The van der Waals surface area contributed by atoms with Gasteiger partial charge in [0.15, 0.2) is 0 Å². The first-order chi connectivity index (χ1) is 9.78. The van der Waals surface area contributed by atoms with E-state index in [4.69, 9.17) is 9.84 Å². The lowest BCUT2D eigenvalue weighted by molar-refractivity contribution is 0.233. The van der Waals surface area contributed by atoms with Gasteiger partial charge in [0, 0.05) is 32.1 Å². The van der Waals surface area contributed by atoms with Crippen molar-refractivity contribution in [1.29, 1.82) is 0 Å². The summed E-state index contributed by atoms with van der Waals surface area (Å²) < 4.78 is 5.57. The monoisotopic (exact) mass is 273 g/mol. The van der Waals surface area contributed by atoms with Gasteiger partial charge in [-0.25, -0.2) is 4.98 Å². The van der Waals surface area contributed by atoms with Gasteiger partial charge >= 0.3 is 0 Å². The van der Waals surface area contributed by atoms with Crippen molar-refractivity contribution < 1.29 is 9.84 Å². The summed E-state index contributed by atoms with van der Waals surface area (Å²) in [7, 11) is 0. The first kappa shape index (κ1) is 14.4. The van der Waals surface area contributed by atoms with Crippen LogP contribution in [-0.2, 0) is 6.54 Å². The van der Waals surface area contributed by atoms with E-state index in [2.05, 4.69) is 15.3 Å². The van der Waals surface area contributed by atoms with Crippen LogP contribution in [0.5, 0.6) is 11.6 Å². The highest BCUT2D eigenvalue weighted by Crippen LogP contribution is 2.18. The number of hydrogen-bond acceptors (Lipinski definition) is 5. The average molecular weight is 273 g/mol. The Kier molecular flexibility index (Phi) is 5.46. The molecule has 2 aromatic rings. The molecule has 0 spiro atoms. The molecule has 1 aromatic heterocycles. The number of aliphatic hydroxyl groups is 1. The number of hydrogen-bond donors (Lipinski definition) is 2. The van der Waals surface area contributed by atoms with Gasteiger partial charge < -0.3 is 15.2 Å². The first-order valence-electron chi connectivity index (χ1n) is 6.62. The molecule has 20 heavy (non-hydrogen) atoms. The van der Waals surface area contributed by atoms with Crippen LogP contribution in [0.2, 0.25) is 0 Å². The molecule has 0 aliphatic heterocycles. The van der Waals surface area contributed by atoms with E-state index in [-0.39, 0.29) is 12.5 Å². The lowest BCUT2D eigenvalue weighted by Crippen LogP contribution is -2.22. The lowest BCUT2D eigenvalue weighted by Gasteiger charge is -2.10. The lowest BCUT2D eigenvalue weighted by atomic mass is 10.2. The van der Waals surface area contributed by atoms with Gasteiger partial charge in [0.05, 0.1) is 6.20 Å². The molecule has 106 valence electrons. The molecule has 1 heterocycles. The summed E-state index contributed by atoms with van der Waals surface area (Å²) in [6, 6.07) is 7.81. The Bertz CT molecular complexity index is 502. The van der Waals surface area contributed by atoms with Crippen LogP contribution in [-0.4, -0.2) is 28.2 Å². The van der Waals surface area contributed by atoms with E-state index in [1.165, 1.54) is 5.56 Å². The quantitative estimate of drug-likeness (QED) is 0.807. The smallest absolute Gasteiger partial charge is 0.237 e. The third kappa shape index (κ3) is 4.60. The van der Waals surface area contributed by atoms with Crippen LogP contribution in [0.4, 0.5) is 0 Å². The first-order valence-corrected chi connectivity index (χ1v) is 6.62. The zero-order chi connectivity index (χ0) is 14.2. The van der Waals surface area contributed by atoms with Crippen molar-refractivity contribution in [3.05, 3.63) is 48.4 Å². The predicted molar refractivity (Wildman–Crippen MR) is 76.5 cm³/mol. The van der Waals surface area contributed by atoms with E-state index < -0.39 is 0 Å². The zero-order valence-corrected chi connectivity index (χ0v) is 11.5. The topological polar surface area (TPSA) is 67.3 Å². The molecule has 1 aromatic carbocycles. The van der Waals surface area contributed by atoms with Crippen molar-refractivity contribution in [1.82, 2.24) is 15.3 Å². The van der Waals surface area contributed by atoms with Crippen LogP contribution in [0.25, 0.3) is 0 Å². The molecule has 0 amide bonds.